The molecular weight excluding hydrogens is 328 g/mol. The number of amides is 1. The third-order valence-corrected chi connectivity index (χ3v) is 4.54. The summed E-state index contributed by atoms with van der Waals surface area (Å²) in [6.45, 7) is 2.46. The third kappa shape index (κ3) is 3.92. The van der Waals surface area contributed by atoms with Crippen molar-refractivity contribution in [3.8, 4) is 11.8 Å². The van der Waals surface area contributed by atoms with Crippen molar-refractivity contribution in [2.24, 2.45) is 11.8 Å². The monoisotopic (exact) mass is 348 g/mol. The van der Waals surface area contributed by atoms with Crippen LogP contribution in [0.4, 0.5) is 0 Å². The molecule has 5 heteroatoms. The summed E-state index contributed by atoms with van der Waals surface area (Å²) in [7, 11) is 0. The smallest absolute Gasteiger partial charge is 0.245 e. The Labute approximate surface area is 152 Å². The minimum absolute atomic E-state index is 0.194. The lowest BCUT2D eigenvalue weighted by atomic mass is 9.87. The van der Waals surface area contributed by atoms with Gasteiger partial charge in [0.2, 0.25) is 5.91 Å². The number of rotatable bonds is 5. The van der Waals surface area contributed by atoms with Gasteiger partial charge in [0, 0.05) is 6.54 Å². The molecule has 1 aliphatic heterocycles. The van der Waals surface area contributed by atoms with Crippen molar-refractivity contribution >= 4 is 11.7 Å². The number of ketones is 1. The van der Waals surface area contributed by atoms with Crippen LogP contribution in [0.15, 0.2) is 48.5 Å². The highest BCUT2D eigenvalue weighted by Crippen LogP contribution is 2.28. The Bertz CT molecular complexity index is 852. The Kier molecular flexibility index (Phi) is 5.33. The highest BCUT2D eigenvalue weighted by Gasteiger charge is 2.35. The van der Waals surface area contributed by atoms with Crippen molar-refractivity contribution in [1.29, 1.82) is 5.26 Å². The molecule has 3 rings (SSSR count). The van der Waals surface area contributed by atoms with Crippen molar-refractivity contribution in [2.75, 3.05) is 6.61 Å². The minimum Gasteiger partial charge on any atom is -0.493 e. The van der Waals surface area contributed by atoms with E-state index >= 15 is 0 Å². The first-order chi connectivity index (χ1) is 12.6. The van der Waals surface area contributed by atoms with E-state index in [9.17, 15) is 14.9 Å². The molecule has 2 aromatic rings. The average molecular weight is 348 g/mol. The number of carbonyl (C=O) groups excluding carboxylic acids is 2. The summed E-state index contributed by atoms with van der Waals surface area (Å²) in [6, 6.07) is 17.1. The first kappa shape index (κ1) is 17.7. The first-order valence-corrected chi connectivity index (χ1v) is 8.56. The first-order valence-electron chi connectivity index (χ1n) is 8.56. The van der Waals surface area contributed by atoms with Crippen LogP contribution in [0.25, 0.3) is 0 Å². The molecule has 2 atom stereocenters. The largest absolute Gasteiger partial charge is 0.493 e. The van der Waals surface area contributed by atoms with Crippen LogP contribution in [0.3, 0.4) is 0 Å². The topological polar surface area (TPSA) is 79.2 Å². The van der Waals surface area contributed by atoms with Gasteiger partial charge in [-0.15, -0.1) is 0 Å². The number of para-hydroxylation sites is 1. The van der Waals surface area contributed by atoms with Crippen LogP contribution in [0.1, 0.15) is 16.7 Å². The van der Waals surface area contributed by atoms with Crippen LogP contribution in [-0.4, -0.2) is 18.3 Å². The van der Waals surface area contributed by atoms with Crippen LogP contribution in [0, 0.1) is 30.1 Å². The number of hydrogen-bond donors (Lipinski definition) is 1. The molecule has 0 radical (unpaired) electrons. The number of nitrogens with zero attached hydrogens (tertiary/aromatic N) is 1. The van der Waals surface area contributed by atoms with Crippen LogP contribution >= 0.6 is 0 Å². The molecule has 2 aromatic carbocycles. The summed E-state index contributed by atoms with van der Waals surface area (Å²) in [5, 5.41) is 12.0. The van der Waals surface area contributed by atoms with Gasteiger partial charge >= 0.3 is 0 Å². The number of aryl methyl sites for hydroxylation is 1. The zero-order valence-electron chi connectivity index (χ0n) is 14.6. The standard InChI is InChI=1S/C21H20N2O3/c1-14-6-8-15(9-7-14)12-23-21(25)18(11-22)20(24)17-10-16-4-2-3-5-19(16)26-13-17/h2-9,17-18H,10,12-13H2,1H3,(H,23,25)/t17-,18+/m1/s1. The quantitative estimate of drug-likeness (QED) is 0.842. The van der Waals surface area contributed by atoms with Gasteiger partial charge in [-0.2, -0.15) is 5.26 Å². The van der Waals surface area contributed by atoms with Crippen molar-refractivity contribution in [3.05, 3.63) is 65.2 Å². The molecule has 0 saturated heterocycles. The number of benzene rings is 2. The van der Waals surface area contributed by atoms with Gasteiger partial charge in [-0.05, 0) is 30.5 Å². The zero-order valence-corrected chi connectivity index (χ0v) is 14.6. The van der Waals surface area contributed by atoms with E-state index in [-0.39, 0.29) is 18.9 Å². The second-order valence-corrected chi connectivity index (χ2v) is 6.49. The average Bonchev–Trinajstić information content (AvgIpc) is 2.67. The molecule has 1 N–H and O–H groups in total. The summed E-state index contributed by atoms with van der Waals surface area (Å²) < 4.78 is 5.61. The number of fused-ring (bicyclic) bond motifs is 1. The van der Waals surface area contributed by atoms with Gasteiger partial charge < -0.3 is 10.1 Å². The van der Waals surface area contributed by atoms with Gasteiger partial charge in [-0.3, -0.25) is 9.59 Å². The molecule has 132 valence electrons. The van der Waals surface area contributed by atoms with Gasteiger partial charge in [0.1, 0.15) is 5.75 Å². The van der Waals surface area contributed by atoms with E-state index in [2.05, 4.69) is 5.32 Å². The normalized spacial score (nSPS) is 16.5. The Balaban J connectivity index is 1.62. The van der Waals surface area contributed by atoms with Crippen molar-refractivity contribution in [1.82, 2.24) is 5.32 Å². The summed E-state index contributed by atoms with van der Waals surface area (Å²) in [5.41, 5.74) is 2.97. The van der Waals surface area contributed by atoms with Crippen LogP contribution in [0.2, 0.25) is 0 Å². The number of Topliss-reactive ketones (excluding diaryl/α,β-unsaturated/α-hetero) is 1. The predicted octanol–water partition coefficient (Wildman–Crippen LogP) is 2.57. The number of nitriles is 1. The third-order valence-electron chi connectivity index (χ3n) is 4.54. The lowest BCUT2D eigenvalue weighted by Gasteiger charge is -2.25. The van der Waals surface area contributed by atoms with E-state index < -0.39 is 17.7 Å². The molecule has 1 amide bonds. The maximum absolute atomic E-state index is 12.7. The SMILES string of the molecule is Cc1ccc(CNC(=O)[C@@H](C#N)C(=O)[C@H]2COc3ccccc3C2)cc1. The Morgan fingerprint density at radius 1 is 1.23 bits per heavy atom. The summed E-state index contributed by atoms with van der Waals surface area (Å²) in [5.74, 6) is -1.99. The minimum atomic E-state index is -1.32. The summed E-state index contributed by atoms with van der Waals surface area (Å²) in [4.78, 5) is 25.0. The summed E-state index contributed by atoms with van der Waals surface area (Å²) in [6.07, 6.45) is 0.485. The van der Waals surface area contributed by atoms with Gasteiger partial charge in [-0.1, -0.05) is 48.0 Å². The number of nitrogens with one attached hydrogen (secondary N) is 1. The molecule has 0 bridgehead atoms. The number of ether oxygens (including phenoxy) is 1. The molecule has 0 unspecified atom stereocenters. The van der Waals surface area contributed by atoms with Gasteiger partial charge in [-0.25, -0.2) is 0 Å². The predicted molar refractivity (Wildman–Crippen MR) is 96.3 cm³/mol. The Morgan fingerprint density at radius 3 is 2.69 bits per heavy atom. The van der Waals surface area contributed by atoms with E-state index in [4.69, 9.17) is 4.74 Å². The maximum Gasteiger partial charge on any atom is 0.245 e. The highest BCUT2D eigenvalue weighted by molar-refractivity contribution is 6.05. The van der Waals surface area contributed by atoms with Crippen molar-refractivity contribution < 1.29 is 14.3 Å². The molecule has 5 nitrogen and oxygen atoms in total. The van der Waals surface area contributed by atoms with Crippen LogP contribution in [0.5, 0.6) is 5.75 Å². The van der Waals surface area contributed by atoms with Crippen LogP contribution in [-0.2, 0) is 22.6 Å². The van der Waals surface area contributed by atoms with E-state index in [1.807, 2.05) is 61.5 Å². The van der Waals surface area contributed by atoms with E-state index in [1.54, 1.807) is 0 Å². The van der Waals surface area contributed by atoms with Gasteiger partial charge in [0.25, 0.3) is 0 Å². The lowest BCUT2D eigenvalue weighted by molar-refractivity contribution is -0.134. The fourth-order valence-electron chi connectivity index (χ4n) is 3.00. The molecular formula is C21H20N2O3. The molecule has 0 fully saturated rings. The fraction of sp³-hybridized carbons (Fsp3) is 0.286. The molecule has 26 heavy (non-hydrogen) atoms. The molecule has 1 heterocycles. The van der Waals surface area contributed by atoms with Crippen LogP contribution < -0.4 is 10.1 Å². The number of hydrogen-bond acceptors (Lipinski definition) is 4. The Morgan fingerprint density at radius 2 is 1.96 bits per heavy atom. The number of carbonyl (C=O) groups is 2. The second kappa shape index (κ2) is 7.83. The lowest BCUT2D eigenvalue weighted by Crippen LogP contribution is -2.40. The highest BCUT2D eigenvalue weighted by atomic mass is 16.5. The van der Waals surface area contributed by atoms with E-state index in [0.29, 0.717) is 6.42 Å². The zero-order chi connectivity index (χ0) is 18.5. The molecule has 0 aromatic heterocycles. The molecule has 0 spiro atoms. The van der Waals surface area contributed by atoms with E-state index in [0.717, 1.165) is 22.4 Å². The second-order valence-electron chi connectivity index (χ2n) is 6.49. The van der Waals surface area contributed by atoms with E-state index in [1.165, 1.54) is 0 Å². The molecule has 0 aliphatic carbocycles. The van der Waals surface area contributed by atoms with Crippen molar-refractivity contribution in [2.45, 2.75) is 19.9 Å². The van der Waals surface area contributed by atoms with Gasteiger partial charge in [0.05, 0.1) is 18.6 Å². The maximum atomic E-state index is 12.7. The molecule has 0 saturated carbocycles. The fourth-order valence-corrected chi connectivity index (χ4v) is 3.00. The molecule has 1 aliphatic rings. The summed E-state index contributed by atoms with van der Waals surface area (Å²) >= 11 is 0. The van der Waals surface area contributed by atoms with Crippen molar-refractivity contribution in [3.63, 3.8) is 0 Å². The Hall–Kier alpha value is -3.13. The van der Waals surface area contributed by atoms with Gasteiger partial charge in [0.15, 0.2) is 11.7 Å².